The standard InChI is InChI=1S/C10H16N4O2S/c11-10-5-4-9(8-12-10)17(15,16)13-14-6-2-1-3-7-14/h4-5,8,13H,1-3,6-7H2,(H2,11,12). The van der Waals surface area contributed by atoms with E-state index in [-0.39, 0.29) is 4.90 Å². The number of pyridine rings is 1. The van der Waals surface area contributed by atoms with Crippen LogP contribution < -0.4 is 10.6 Å². The van der Waals surface area contributed by atoms with Gasteiger partial charge in [0.15, 0.2) is 0 Å². The van der Waals surface area contributed by atoms with Crippen LogP contribution in [0.15, 0.2) is 23.2 Å². The maximum absolute atomic E-state index is 12.0. The summed E-state index contributed by atoms with van der Waals surface area (Å²) in [5.41, 5.74) is 5.42. The number of anilines is 1. The average molecular weight is 256 g/mol. The van der Waals surface area contributed by atoms with Gasteiger partial charge in [-0.15, -0.1) is 4.83 Å². The normalized spacial score (nSPS) is 18.1. The van der Waals surface area contributed by atoms with E-state index in [0.717, 1.165) is 32.4 Å². The Morgan fingerprint density at radius 2 is 1.94 bits per heavy atom. The lowest BCUT2D eigenvalue weighted by Gasteiger charge is -2.26. The summed E-state index contributed by atoms with van der Waals surface area (Å²) >= 11 is 0. The van der Waals surface area contributed by atoms with Gasteiger partial charge >= 0.3 is 0 Å². The van der Waals surface area contributed by atoms with E-state index >= 15 is 0 Å². The zero-order valence-corrected chi connectivity index (χ0v) is 10.3. The molecular weight excluding hydrogens is 240 g/mol. The molecule has 0 saturated carbocycles. The molecule has 0 spiro atoms. The minimum atomic E-state index is -3.52. The largest absolute Gasteiger partial charge is 0.384 e. The van der Waals surface area contributed by atoms with Gasteiger partial charge in [-0.25, -0.2) is 18.4 Å². The molecule has 17 heavy (non-hydrogen) atoms. The zero-order chi connectivity index (χ0) is 12.3. The third-order valence-electron chi connectivity index (χ3n) is 2.67. The van der Waals surface area contributed by atoms with Crippen LogP contribution >= 0.6 is 0 Å². The molecule has 94 valence electrons. The minimum Gasteiger partial charge on any atom is -0.384 e. The first-order valence-corrected chi connectivity index (χ1v) is 7.05. The van der Waals surface area contributed by atoms with Crippen molar-refractivity contribution in [2.75, 3.05) is 18.8 Å². The predicted molar refractivity (Wildman–Crippen MR) is 64.4 cm³/mol. The zero-order valence-electron chi connectivity index (χ0n) is 9.46. The van der Waals surface area contributed by atoms with Crippen molar-refractivity contribution in [3.63, 3.8) is 0 Å². The van der Waals surface area contributed by atoms with Crippen molar-refractivity contribution in [2.45, 2.75) is 24.2 Å². The number of hydrogen-bond acceptors (Lipinski definition) is 5. The van der Waals surface area contributed by atoms with E-state index < -0.39 is 10.0 Å². The summed E-state index contributed by atoms with van der Waals surface area (Å²) in [7, 11) is -3.52. The molecule has 3 N–H and O–H groups in total. The molecule has 0 aromatic carbocycles. The van der Waals surface area contributed by atoms with Crippen LogP contribution in [0.3, 0.4) is 0 Å². The van der Waals surface area contributed by atoms with Crippen molar-refractivity contribution in [3.05, 3.63) is 18.3 Å². The molecule has 1 aliphatic heterocycles. The number of piperidine rings is 1. The summed E-state index contributed by atoms with van der Waals surface area (Å²) in [5.74, 6) is 0.307. The lowest BCUT2D eigenvalue weighted by Crippen LogP contribution is -2.44. The van der Waals surface area contributed by atoms with E-state index in [1.54, 1.807) is 5.01 Å². The summed E-state index contributed by atoms with van der Waals surface area (Å²) in [6.07, 6.45) is 4.45. The van der Waals surface area contributed by atoms with Crippen LogP contribution in [0.25, 0.3) is 0 Å². The van der Waals surface area contributed by atoms with E-state index in [4.69, 9.17) is 5.73 Å². The maximum atomic E-state index is 12.0. The molecule has 0 aliphatic carbocycles. The lowest BCUT2D eigenvalue weighted by molar-refractivity contribution is 0.200. The van der Waals surface area contributed by atoms with Gasteiger partial charge in [0, 0.05) is 19.3 Å². The fourth-order valence-corrected chi connectivity index (χ4v) is 2.83. The fraction of sp³-hybridized carbons (Fsp3) is 0.500. The quantitative estimate of drug-likeness (QED) is 0.814. The van der Waals surface area contributed by atoms with Crippen LogP contribution in [0.4, 0.5) is 5.82 Å². The lowest BCUT2D eigenvalue weighted by atomic mass is 10.2. The van der Waals surface area contributed by atoms with Gasteiger partial charge in [0.05, 0.1) is 0 Å². The van der Waals surface area contributed by atoms with Crippen LogP contribution in [0.2, 0.25) is 0 Å². The molecule has 0 atom stereocenters. The summed E-state index contributed by atoms with van der Waals surface area (Å²) < 4.78 is 24.0. The Labute approximate surface area is 101 Å². The monoisotopic (exact) mass is 256 g/mol. The second-order valence-electron chi connectivity index (χ2n) is 4.06. The highest BCUT2D eigenvalue weighted by Gasteiger charge is 2.19. The van der Waals surface area contributed by atoms with E-state index in [9.17, 15) is 8.42 Å². The molecule has 1 aromatic rings. The molecule has 0 unspecified atom stereocenters. The Morgan fingerprint density at radius 1 is 1.24 bits per heavy atom. The van der Waals surface area contributed by atoms with E-state index in [1.807, 2.05) is 0 Å². The first-order chi connectivity index (χ1) is 8.08. The summed E-state index contributed by atoms with van der Waals surface area (Å²) in [5, 5.41) is 1.73. The number of nitrogen functional groups attached to an aromatic ring is 1. The van der Waals surface area contributed by atoms with Crippen molar-refractivity contribution >= 4 is 15.8 Å². The number of hydrazine groups is 1. The van der Waals surface area contributed by atoms with Gasteiger partial charge in [0.2, 0.25) is 0 Å². The summed E-state index contributed by atoms with van der Waals surface area (Å²) in [4.78, 5) is 6.47. The first-order valence-electron chi connectivity index (χ1n) is 5.57. The number of aromatic nitrogens is 1. The molecule has 1 aromatic heterocycles. The minimum absolute atomic E-state index is 0.136. The highest BCUT2D eigenvalue weighted by molar-refractivity contribution is 7.89. The third-order valence-corrected chi connectivity index (χ3v) is 4.04. The van der Waals surface area contributed by atoms with Gasteiger partial charge in [-0.1, -0.05) is 6.42 Å². The maximum Gasteiger partial charge on any atom is 0.254 e. The van der Waals surface area contributed by atoms with Gasteiger partial charge in [-0.2, -0.15) is 0 Å². The van der Waals surface area contributed by atoms with Crippen LogP contribution in [0, 0.1) is 0 Å². The first kappa shape index (κ1) is 12.3. The molecule has 1 aliphatic rings. The molecule has 6 nitrogen and oxygen atoms in total. The van der Waals surface area contributed by atoms with Crippen molar-refractivity contribution in [1.29, 1.82) is 0 Å². The van der Waals surface area contributed by atoms with Crippen LogP contribution in [-0.2, 0) is 10.0 Å². The number of sulfonamides is 1. The number of nitrogens with zero attached hydrogens (tertiary/aromatic N) is 2. The molecule has 2 rings (SSSR count). The summed E-state index contributed by atoms with van der Waals surface area (Å²) in [6.45, 7) is 1.50. The fourth-order valence-electron chi connectivity index (χ4n) is 1.76. The Hall–Kier alpha value is -1.18. The molecule has 1 fully saturated rings. The summed E-state index contributed by atoms with van der Waals surface area (Å²) in [6, 6.07) is 2.93. The molecule has 0 amide bonds. The van der Waals surface area contributed by atoms with Gasteiger partial charge in [-0.05, 0) is 25.0 Å². The highest BCUT2D eigenvalue weighted by atomic mass is 32.2. The van der Waals surface area contributed by atoms with Crippen molar-refractivity contribution in [1.82, 2.24) is 14.8 Å². The smallest absolute Gasteiger partial charge is 0.254 e. The number of hydrogen-bond donors (Lipinski definition) is 2. The second-order valence-corrected chi connectivity index (χ2v) is 5.72. The molecule has 1 saturated heterocycles. The highest BCUT2D eigenvalue weighted by Crippen LogP contribution is 2.12. The predicted octanol–water partition coefficient (Wildman–Crippen LogP) is 0.343. The Bertz CT molecular complexity index is 466. The van der Waals surface area contributed by atoms with Gasteiger partial charge < -0.3 is 5.73 Å². The van der Waals surface area contributed by atoms with E-state index in [1.165, 1.54) is 18.3 Å². The SMILES string of the molecule is Nc1ccc(S(=O)(=O)NN2CCCCC2)cn1. The van der Waals surface area contributed by atoms with Crippen LogP contribution in [0.1, 0.15) is 19.3 Å². The number of nitrogens with one attached hydrogen (secondary N) is 1. The molecule has 0 radical (unpaired) electrons. The molecular formula is C10H16N4O2S. The Kier molecular flexibility index (Phi) is 3.60. The van der Waals surface area contributed by atoms with Crippen molar-refractivity contribution < 1.29 is 8.42 Å². The van der Waals surface area contributed by atoms with E-state index in [0.29, 0.717) is 5.82 Å². The number of rotatable bonds is 3. The Balaban J connectivity index is 2.10. The van der Waals surface area contributed by atoms with Crippen molar-refractivity contribution in [2.24, 2.45) is 0 Å². The average Bonchev–Trinajstić information content (AvgIpc) is 2.30. The molecule has 2 heterocycles. The van der Waals surface area contributed by atoms with Crippen LogP contribution in [0.5, 0.6) is 0 Å². The second kappa shape index (κ2) is 4.99. The van der Waals surface area contributed by atoms with Crippen LogP contribution in [-0.4, -0.2) is 31.5 Å². The molecule has 0 bridgehead atoms. The number of nitrogens with two attached hydrogens (primary N) is 1. The Morgan fingerprint density at radius 3 is 2.53 bits per heavy atom. The van der Waals surface area contributed by atoms with Gasteiger partial charge in [0.25, 0.3) is 10.0 Å². The van der Waals surface area contributed by atoms with E-state index in [2.05, 4.69) is 9.82 Å². The van der Waals surface area contributed by atoms with Gasteiger partial charge in [-0.3, -0.25) is 0 Å². The van der Waals surface area contributed by atoms with Gasteiger partial charge in [0.1, 0.15) is 10.7 Å². The molecule has 7 heteroatoms. The third kappa shape index (κ3) is 3.15. The van der Waals surface area contributed by atoms with Crippen molar-refractivity contribution in [3.8, 4) is 0 Å². The topological polar surface area (TPSA) is 88.3 Å².